The van der Waals surface area contributed by atoms with Gasteiger partial charge in [-0.2, -0.15) is 0 Å². The van der Waals surface area contributed by atoms with Gasteiger partial charge in [0.15, 0.2) is 11.0 Å². The van der Waals surface area contributed by atoms with Crippen molar-refractivity contribution in [2.75, 3.05) is 24.5 Å². The largest absolute Gasteiger partial charge is 0.349 e. The third kappa shape index (κ3) is 1.70. The van der Waals surface area contributed by atoms with Crippen LogP contribution in [0.15, 0.2) is 12.1 Å². The Balaban J connectivity index is 1.91. The topological polar surface area (TPSA) is 41.0 Å². The molecule has 0 amide bonds. The number of rotatable bonds is 1. The number of hydrogen-bond donors (Lipinski definition) is 1. The molecule has 1 aromatic rings. The van der Waals surface area contributed by atoms with Gasteiger partial charge in [-0.1, -0.05) is 11.6 Å². The summed E-state index contributed by atoms with van der Waals surface area (Å²) in [5.74, 6) is 2.36. The zero-order chi connectivity index (χ0) is 12.0. The van der Waals surface area contributed by atoms with Crippen molar-refractivity contribution in [2.24, 2.45) is 11.8 Å². The van der Waals surface area contributed by atoms with Crippen LogP contribution in [0.5, 0.6) is 0 Å². The van der Waals surface area contributed by atoms with Crippen molar-refractivity contribution in [2.45, 2.75) is 19.4 Å². The number of nitrogens with one attached hydrogen (secondary N) is 1. The van der Waals surface area contributed by atoms with Crippen molar-refractivity contribution < 1.29 is 0 Å². The Bertz CT molecular complexity index is 417. The maximum absolute atomic E-state index is 5.78. The minimum absolute atomic E-state index is 0.136. The summed E-state index contributed by atoms with van der Waals surface area (Å²) >= 11 is 5.78. The molecule has 0 aromatic carbocycles. The lowest BCUT2D eigenvalue weighted by Gasteiger charge is -2.36. The molecule has 17 heavy (non-hydrogen) atoms. The highest BCUT2D eigenvalue weighted by molar-refractivity contribution is 6.29. The molecular formula is C12H17ClN4. The predicted molar refractivity (Wildman–Crippen MR) is 68.3 cm³/mol. The zero-order valence-corrected chi connectivity index (χ0v) is 10.9. The Morgan fingerprint density at radius 2 is 2.18 bits per heavy atom. The number of halogens is 1. The minimum Gasteiger partial charge on any atom is -0.349 e. The first-order chi connectivity index (χ1) is 8.09. The standard InChI is InChI=1S/C12H17ClN4/c1-12(2)9-6-14-5-8(9)7-17(12)11-4-3-10(13)15-16-11/h3-4,8-9,14H,5-7H2,1-2H3. The van der Waals surface area contributed by atoms with Gasteiger partial charge < -0.3 is 10.2 Å². The minimum atomic E-state index is 0.136. The summed E-state index contributed by atoms with van der Waals surface area (Å²) in [7, 11) is 0. The number of anilines is 1. The zero-order valence-electron chi connectivity index (χ0n) is 10.2. The van der Waals surface area contributed by atoms with E-state index >= 15 is 0 Å². The van der Waals surface area contributed by atoms with Crippen LogP contribution in [0.25, 0.3) is 0 Å². The van der Waals surface area contributed by atoms with Crippen molar-refractivity contribution in [1.82, 2.24) is 15.5 Å². The smallest absolute Gasteiger partial charge is 0.151 e. The highest BCUT2D eigenvalue weighted by atomic mass is 35.5. The summed E-state index contributed by atoms with van der Waals surface area (Å²) in [6.45, 7) is 7.86. The van der Waals surface area contributed by atoms with Gasteiger partial charge in [-0.3, -0.25) is 0 Å². The summed E-state index contributed by atoms with van der Waals surface area (Å²) in [6, 6.07) is 3.78. The molecule has 1 aromatic heterocycles. The van der Waals surface area contributed by atoms with Gasteiger partial charge in [-0.15, -0.1) is 10.2 Å². The quantitative estimate of drug-likeness (QED) is 0.824. The van der Waals surface area contributed by atoms with Crippen molar-refractivity contribution in [3.05, 3.63) is 17.3 Å². The van der Waals surface area contributed by atoms with Crippen LogP contribution in [0, 0.1) is 11.8 Å². The molecule has 92 valence electrons. The van der Waals surface area contributed by atoms with Crippen LogP contribution in [-0.4, -0.2) is 35.4 Å². The molecule has 3 heterocycles. The van der Waals surface area contributed by atoms with Gasteiger partial charge in [-0.25, -0.2) is 0 Å². The maximum Gasteiger partial charge on any atom is 0.151 e. The van der Waals surface area contributed by atoms with E-state index in [9.17, 15) is 0 Å². The third-order valence-corrected chi connectivity index (χ3v) is 4.46. The predicted octanol–water partition coefficient (Wildman–Crippen LogP) is 1.56. The monoisotopic (exact) mass is 252 g/mol. The lowest BCUT2D eigenvalue weighted by atomic mass is 9.85. The molecule has 2 aliphatic heterocycles. The van der Waals surface area contributed by atoms with Gasteiger partial charge in [0.2, 0.25) is 0 Å². The first-order valence-electron chi connectivity index (χ1n) is 6.06. The molecule has 2 aliphatic rings. The molecular weight excluding hydrogens is 236 g/mol. The lowest BCUT2D eigenvalue weighted by Crippen LogP contribution is -2.45. The highest BCUT2D eigenvalue weighted by Gasteiger charge is 2.49. The van der Waals surface area contributed by atoms with Crippen molar-refractivity contribution in [3.8, 4) is 0 Å². The molecule has 0 radical (unpaired) electrons. The SMILES string of the molecule is CC1(C)C2CNCC2CN1c1ccc(Cl)nn1. The van der Waals surface area contributed by atoms with E-state index in [1.165, 1.54) is 0 Å². The molecule has 1 N–H and O–H groups in total. The Morgan fingerprint density at radius 3 is 2.82 bits per heavy atom. The van der Waals surface area contributed by atoms with E-state index in [2.05, 4.69) is 34.3 Å². The van der Waals surface area contributed by atoms with Crippen molar-refractivity contribution in [1.29, 1.82) is 0 Å². The van der Waals surface area contributed by atoms with Crippen LogP contribution in [-0.2, 0) is 0 Å². The molecule has 0 spiro atoms. The van der Waals surface area contributed by atoms with Crippen LogP contribution >= 0.6 is 11.6 Å². The molecule has 2 atom stereocenters. The summed E-state index contributed by atoms with van der Waals surface area (Å²) in [4.78, 5) is 2.37. The fourth-order valence-electron chi connectivity index (χ4n) is 3.26. The van der Waals surface area contributed by atoms with E-state index in [1.54, 1.807) is 0 Å². The second-order valence-corrected chi connectivity index (χ2v) is 5.89. The molecule has 2 saturated heterocycles. The summed E-state index contributed by atoms with van der Waals surface area (Å²) in [6.07, 6.45) is 0. The van der Waals surface area contributed by atoms with Gasteiger partial charge in [0, 0.05) is 25.2 Å². The number of fused-ring (bicyclic) bond motifs is 1. The highest BCUT2D eigenvalue weighted by Crippen LogP contribution is 2.42. The van der Waals surface area contributed by atoms with Crippen LogP contribution < -0.4 is 10.2 Å². The van der Waals surface area contributed by atoms with Crippen LogP contribution in [0.4, 0.5) is 5.82 Å². The van der Waals surface area contributed by atoms with E-state index in [4.69, 9.17) is 11.6 Å². The van der Waals surface area contributed by atoms with Gasteiger partial charge in [-0.05, 0) is 37.8 Å². The summed E-state index contributed by atoms with van der Waals surface area (Å²) in [5, 5.41) is 12.1. The molecule has 0 aliphatic carbocycles. The van der Waals surface area contributed by atoms with Gasteiger partial charge >= 0.3 is 0 Å². The van der Waals surface area contributed by atoms with E-state index in [-0.39, 0.29) is 5.54 Å². The van der Waals surface area contributed by atoms with E-state index in [0.29, 0.717) is 11.1 Å². The third-order valence-electron chi connectivity index (χ3n) is 4.25. The first-order valence-corrected chi connectivity index (χ1v) is 6.44. The Labute approximate surface area is 106 Å². The van der Waals surface area contributed by atoms with Gasteiger partial charge in [0.1, 0.15) is 0 Å². The Hall–Kier alpha value is -0.870. The molecule has 2 unspecified atom stereocenters. The summed E-state index contributed by atoms with van der Waals surface area (Å²) in [5.41, 5.74) is 0.136. The van der Waals surface area contributed by atoms with Gasteiger partial charge in [0.25, 0.3) is 0 Å². The molecule has 5 heteroatoms. The molecule has 0 bridgehead atoms. The van der Waals surface area contributed by atoms with Crippen LogP contribution in [0.2, 0.25) is 5.15 Å². The van der Waals surface area contributed by atoms with Crippen LogP contribution in [0.1, 0.15) is 13.8 Å². The van der Waals surface area contributed by atoms with E-state index < -0.39 is 0 Å². The van der Waals surface area contributed by atoms with Crippen molar-refractivity contribution in [3.63, 3.8) is 0 Å². The lowest BCUT2D eigenvalue weighted by molar-refractivity contribution is 0.355. The molecule has 0 saturated carbocycles. The second-order valence-electron chi connectivity index (χ2n) is 5.50. The van der Waals surface area contributed by atoms with E-state index in [0.717, 1.165) is 31.4 Å². The normalized spacial score (nSPS) is 30.6. The molecule has 2 fully saturated rings. The fraction of sp³-hybridized carbons (Fsp3) is 0.667. The van der Waals surface area contributed by atoms with Crippen molar-refractivity contribution >= 4 is 17.4 Å². The van der Waals surface area contributed by atoms with Crippen LogP contribution in [0.3, 0.4) is 0 Å². The summed E-state index contributed by atoms with van der Waals surface area (Å²) < 4.78 is 0. The number of nitrogens with zero attached hydrogens (tertiary/aromatic N) is 3. The average molecular weight is 253 g/mol. The Morgan fingerprint density at radius 1 is 1.35 bits per heavy atom. The number of aromatic nitrogens is 2. The molecule has 4 nitrogen and oxygen atoms in total. The fourth-order valence-corrected chi connectivity index (χ4v) is 3.36. The number of hydrogen-bond acceptors (Lipinski definition) is 4. The maximum atomic E-state index is 5.78. The Kier molecular flexibility index (Phi) is 2.52. The second kappa shape index (κ2) is 3.82. The van der Waals surface area contributed by atoms with E-state index in [1.807, 2.05) is 12.1 Å². The first kappa shape index (κ1) is 11.2. The van der Waals surface area contributed by atoms with Gasteiger partial charge in [0.05, 0.1) is 0 Å². The molecule has 3 rings (SSSR count). The average Bonchev–Trinajstić information content (AvgIpc) is 2.83.